The minimum absolute atomic E-state index is 0.0289. The Morgan fingerprint density at radius 3 is 2.61 bits per heavy atom. The highest BCUT2D eigenvalue weighted by Gasteiger charge is 2.37. The van der Waals surface area contributed by atoms with Crippen molar-refractivity contribution in [1.29, 1.82) is 0 Å². The minimum atomic E-state index is -0.397. The van der Waals surface area contributed by atoms with E-state index in [0.29, 0.717) is 23.1 Å². The standard InChI is InChI=1S/C13H15NO3S/c1-2-17-13(16)11-9(10(15)7-3-4-7)14-12(18-11)8-5-6-8/h7-8H,2-6H2,1H3. The van der Waals surface area contributed by atoms with Crippen LogP contribution < -0.4 is 0 Å². The molecular weight excluding hydrogens is 250 g/mol. The van der Waals surface area contributed by atoms with Crippen molar-refractivity contribution in [2.24, 2.45) is 5.92 Å². The van der Waals surface area contributed by atoms with E-state index in [0.717, 1.165) is 30.7 Å². The van der Waals surface area contributed by atoms with E-state index < -0.39 is 5.97 Å². The molecule has 0 aliphatic heterocycles. The molecule has 0 spiro atoms. The molecule has 0 bridgehead atoms. The summed E-state index contributed by atoms with van der Waals surface area (Å²) in [5.41, 5.74) is 0.364. The second-order valence-corrected chi connectivity index (χ2v) is 5.89. The fourth-order valence-electron chi connectivity index (χ4n) is 1.88. The Labute approximate surface area is 109 Å². The highest BCUT2D eigenvalue weighted by atomic mass is 32.1. The Bertz CT molecular complexity index is 500. The molecule has 1 aromatic heterocycles. The summed E-state index contributed by atoms with van der Waals surface area (Å²) in [6, 6.07) is 0. The summed E-state index contributed by atoms with van der Waals surface area (Å²) in [6.45, 7) is 2.09. The van der Waals surface area contributed by atoms with Crippen molar-refractivity contribution in [3.8, 4) is 0 Å². The minimum Gasteiger partial charge on any atom is -0.462 e. The summed E-state index contributed by atoms with van der Waals surface area (Å²) < 4.78 is 5.01. The van der Waals surface area contributed by atoms with E-state index in [1.807, 2.05) is 0 Å². The average molecular weight is 265 g/mol. The Morgan fingerprint density at radius 1 is 1.33 bits per heavy atom. The van der Waals surface area contributed by atoms with Gasteiger partial charge in [0.1, 0.15) is 10.6 Å². The zero-order chi connectivity index (χ0) is 12.7. The maximum Gasteiger partial charge on any atom is 0.350 e. The predicted molar refractivity (Wildman–Crippen MR) is 67.1 cm³/mol. The molecule has 2 aliphatic rings. The molecule has 0 aromatic carbocycles. The van der Waals surface area contributed by atoms with E-state index in [1.165, 1.54) is 11.3 Å². The van der Waals surface area contributed by atoms with E-state index >= 15 is 0 Å². The SMILES string of the molecule is CCOC(=O)c1sc(C2CC2)nc1C(=O)C1CC1. The monoisotopic (exact) mass is 265 g/mol. The van der Waals surface area contributed by atoms with E-state index in [-0.39, 0.29) is 11.7 Å². The van der Waals surface area contributed by atoms with E-state index in [9.17, 15) is 9.59 Å². The van der Waals surface area contributed by atoms with Crippen LogP contribution in [-0.4, -0.2) is 23.3 Å². The first kappa shape index (κ1) is 11.8. The van der Waals surface area contributed by atoms with Crippen molar-refractivity contribution in [3.63, 3.8) is 0 Å². The average Bonchev–Trinajstić information content (AvgIpc) is 3.24. The van der Waals surface area contributed by atoms with Crippen LogP contribution in [0.4, 0.5) is 0 Å². The Balaban J connectivity index is 1.92. The molecule has 5 heteroatoms. The third-order valence-electron chi connectivity index (χ3n) is 3.21. The number of carbonyl (C=O) groups excluding carboxylic acids is 2. The van der Waals surface area contributed by atoms with Gasteiger partial charge in [-0.3, -0.25) is 4.79 Å². The number of ketones is 1. The van der Waals surface area contributed by atoms with Gasteiger partial charge < -0.3 is 4.74 Å². The summed E-state index contributed by atoms with van der Waals surface area (Å²) in [7, 11) is 0. The van der Waals surface area contributed by atoms with Gasteiger partial charge in [0, 0.05) is 11.8 Å². The lowest BCUT2D eigenvalue weighted by Gasteiger charge is -2.00. The fourth-order valence-corrected chi connectivity index (χ4v) is 3.02. The lowest BCUT2D eigenvalue weighted by atomic mass is 10.2. The summed E-state index contributed by atoms with van der Waals surface area (Å²) >= 11 is 1.35. The highest BCUT2D eigenvalue weighted by molar-refractivity contribution is 7.14. The molecule has 1 aromatic rings. The number of ether oxygens (including phenoxy) is 1. The molecular formula is C13H15NO3S. The van der Waals surface area contributed by atoms with E-state index in [2.05, 4.69) is 4.98 Å². The van der Waals surface area contributed by atoms with Gasteiger partial charge in [-0.2, -0.15) is 0 Å². The Morgan fingerprint density at radius 2 is 2.06 bits per heavy atom. The summed E-state index contributed by atoms with van der Waals surface area (Å²) in [5.74, 6) is 0.184. The summed E-state index contributed by atoms with van der Waals surface area (Å²) in [5, 5.41) is 0.932. The van der Waals surface area contributed by atoms with Gasteiger partial charge in [0.2, 0.25) is 0 Å². The lowest BCUT2D eigenvalue weighted by molar-refractivity contribution is 0.0528. The van der Waals surface area contributed by atoms with Crippen LogP contribution in [0.3, 0.4) is 0 Å². The van der Waals surface area contributed by atoms with Gasteiger partial charge in [-0.1, -0.05) is 0 Å². The first-order valence-corrected chi connectivity index (χ1v) is 7.24. The van der Waals surface area contributed by atoms with Crippen molar-refractivity contribution in [3.05, 3.63) is 15.6 Å². The number of nitrogens with zero attached hydrogens (tertiary/aromatic N) is 1. The quantitative estimate of drug-likeness (QED) is 0.607. The molecule has 4 nitrogen and oxygen atoms in total. The number of carbonyl (C=O) groups is 2. The number of hydrogen-bond donors (Lipinski definition) is 0. The first-order chi connectivity index (χ1) is 8.70. The van der Waals surface area contributed by atoms with Crippen LogP contribution in [0.5, 0.6) is 0 Å². The summed E-state index contributed by atoms with van der Waals surface area (Å²) in [6.07, 6.45) is 4.09. The molecule has 0 saturated heterocycles. The Kier molecular flexibility index (Phi) is 2.93. The molecule has 0 atom stereocenters. The zero-order valence-corrected chi connectivity index (χ0v) is 11.1. The number of aromatic nitrogens is 1. The predicted octanol–water partition coefficient (Wildman–Crippen LogP) is 2.79. The van der Waals surface area contributed by atoms with Gasteiger partial charge in [-0.15, -0.1) is 11.3 Å². The van der Waals surface area contributed by atoms with Crippen LogP contribution in [0.25, 0.3) is 0 Å². The van der Waals surface area contributed by atoms with Crippen molar-refractivity contribution < 1.29 is 14.3 Å². The van der Waals surface area contributed by atoms with Crippen LogP contribution in [0.2, 0.25) is 0 Å². The van der Waals surface area contributed by atoms with Crippen LogP contribution in [0.15, 0.2) is 0 Å². The zero-order valence-electron chi connectivity index (χ0n) is 10.3. The topological polar surface area (TPSA) is 56.3 Å². The van der Waals surface area contributed by atoms with Crippen LogP contribution in [-0.2, 0) is 4.74 Å². The van der Waals surface area contributed by atoms with Gasteiger partial charge in [0.15, 0.2) is 5.78 Å². The normalized spacial score (nSPS) is 18.7. The highest BCUT2D eigenvalue weighted by Crippen LogP contribution is 2.44. The van der Waals surface area contributed by atoms with Crippen molar-refractivity contribution >= 4 is 23.1 Å². The first-order valence-electron chi connectivity index (χ1n) is 6.42. The van der Waals surface area contributed by atoms with Crippen LogP contribution >= 0.6 is 11.3 Å². The second kappa shape index (κ2) is 4.46. The number of hydrogen-bond acceptors (Lipinski definition) is 5. The van der Waals surface area contributed by atoms with E-state index in [1.54, 1.807) is 6.92 Å². The van der Waals surface area contributed by atoms with Gasteiger partial charge in [-0.05, 0) is 32.6 Å². The molecule has 2 saturated carbocycles. The number of Topliss-reactive ketones (excluding diaryl/α,β-unsaturated/α-hetero) is 1. The molecule has 0 unspecified atom stereocenters. The number of rotatable bonds is 5. The van der Waals surface area contributed by atoms with Gasteiger partial charge >= 0.3 is 5.97 Å². The van der Waals surface area contributed by atoms with Crippen LogP contribution in [0, 0.1) is 5.92 Å². The molecule has 2 aliphatic carbocycles. The number of thiazole rings is 1. The van der Waals surface area contributed by atoms with Crippen LogP contribution in [0.1, 0.15) is 63.7 Å². The molecule has 1 heterocycles. The maximum absolute atomic E-state index is 12.1. The second-order valence-electron chi connectivity index (χ2n) is 4.86. The van der Waals surface area contributed by atoms with Crippen molar-refractivity contribution in [1.82, 2.24) is 4.98 Å². The molecule has 18 heavy (non-hydrogen) atoms. The van der Waals surface area contributed by atoms with E-state index in [4.69, 9.17) is 4.74 Å². The smallest absolute Gasteiger partial charge is 0.350 e. The molecule has 0 N–H and O–H groups in total. The Hall–Kier alpha value is -1.23. The maximum atomic E-state index is 12.1. The molecule has 96 valence electrons. The van der Waals surface area contributed by atoms with Gasteiger partial charge in [-0.25, -0.2) is 9.78 Å². The molecule has 2 fully saturated rings. The fraction of sp³-hybridized carbons (Fsp3) is 0.615. The van der Waals surface area contributed by atoms with Gasteiger partial charge in [0.05, 0.1) is 11.6 Å². The third-order valence-corrected chi connectivity index (χ3v) is 4.41. The van der Waals surface area contributed by atoms with Crippen molar-refractivity contribution in [2.45, 2.75) is 38.5 Å². The molecule has 0 amide bonds. The van der Waals surface area contributed by atoms with Gasteiger partial charge in [0.25, 0.3) is 0 Å². The lowest BCUT2D eigenvalue weighted by Crippen LogP contribution is -2.11. The molecule has 3 rings (SSSR count). The molecule has 0 radical (unpaired) electrons. The van der Waals surface area contributed by atoms with Crippen molar-refractivity contribution in [2.75, 3.05) is 6.61 Å². The number of esters is 1. The largest absolute Gasteiger partial charge is 0.462 e. The summed E-state index contributed by atoms with van der Waals surface area (Å²) in [4.78, 5) is 28.8. The third kappa shape index (κ3) is 2.19.